The Balaban J connectivity index is 2.25. The van der Waals surface area contributed by atoms with Crippen molar-refractivity contribution in [3.05, 3.63) is 29.8 Å². The van der Waals surface area contributed by atoms with Gasteiger partial charge in [0.15, 0.2) is 0 Å². The van der Waals surface area contributed by atoms with E-state index in [9.17, 15) is 13.2 Å². The normalized spacial score (nSPS) is 22.3. The molecule has 0 saturated carbocycles. The van der Waals surface area contributed by atoms with Crippen LogP contribution in [0, 0.1) is 0 Å². The molecule has 0 aliphatic carbocycles. The summed E-state index contributed by atoms with van der Waals surface area (Å²) in [6.07, 6.45) is 0. The maximum atomic E-state index is 12.9. The maximum Gasteiger partial charge on any atom is 0.253 e. The van der Waals surface area contributed by atoms with Crippen LogP contribution in [0.2, 0.25) is 0 Å². The molecule has 0 bridgehead atoms. The van der Waals surface area contributed by atoms with Crippen LogP contribution in [-0.2, 0) is 10.0 Å². The van der Waals surface area contributed by atoms with Crippen LogP contribution in [0.5, 0.6) is 0 Å². The number of carbonyl (C=O) groups is 1. The summed E-state index contributed by atoms with van der Waals surface area (Å²) >= 11 is 0. The van der Waals surface area contributed by atoms with Gasteiger partial charge in [0.05, 0.1) is 4.90 Å². The van der Waals surface area contributed by atoms with Crippen molar-refractivity contribution >= 4 is 15.9 Å². The highest BCUT2D eigenvalue weighted by Crippen LogP contribution is 2.22. The topological polar surface area (TPSA) is 69.7 Å². The third kappa shape index (κ3) is 3.63. The van der Waals surface area contributed by atoms with Crippen molar-refractivity contribution in [2.75, 3.05) is 26.2 Å². The van der Waals surface area contributed by atoms with Gasteiger partial charge < -0.3 is 10.2 Å². The largest absolute Gasteiger partial charge is 0.339 e. The standard InChI is InChI=1S/C17H27N3O3S/c1-5-19(6-2)17(21)15-7-9-16(10-8-15)24(22,23)20-12-11-18-13(3)14(20)4/h7-10,13-14,18H,5-6,11-12H2,1-4H3. The Morgan fingerprint density at radius 3 is 2.33 bits per heavy atom. The lowest BCUT2D eigenvalue weighted by molar-refractivity contribution is 0.0773. The molecule has 1 aliphatic heterocycles. The van der Waals surface area contributed by atoms with Crippen molar-refractivity contribution in [1.29, 1.82) is 0 Å². The van der Waals surface area contributed by atoms with Gasteiger partial charge in [0.2, 0.25) is 10.0 Å². The molecular formula is C17H27N3O3S. The molecule has 2 rings (SSSR count). The lowest BCUT2D eigenvalue weighted by Crippen LogP contribution is -2.57. The van der Waals surface area contributed by atoms with Crippen LogP contribution >= 0.6 is 0 Å². The fraction of sp³-hybridized carbons (Fsp3) is 0.588. The Morgan fingerprint density at radius 1 is 1.21 bits per heavy atom. The van der Waals surface area contributed by atoms with Gasteiger partial charge in [-0.05, 0) is 52.0 Å². The molecule has 1 N–H and O–H groups in total. The van der Waals surface area contributed by atoms with Crippen molar-refractivity contribution in [3.8, 4) is 0 Å². The van der Waals surface area contributed by atoms with E-state index >= 15 is 0 Å². The Labute approximate surface area is 144 Å². The van der Waals surface area contributed by atoms with Crippen molar-refractivity contribution in [2.45, 2.75) is 44.7 Å². The molecule has 1 amide bonds. The van der Waals surface area contributed by atoms with E-state index in [0.29, 0.717) is 31.7 Å². The second-order valence-corrected chi connectivity index (χ2v) is 7.99. The molecule has 6 nitrogen and oxygen atoms in total. The average Bonchev–Trinajstić information content (AvgIpc) is 2.58. The molecular weight excluding hydrogens is 326 g/mol. The summed E-state index contributed by atoms with van der Waals surface area (Å²) < 4.78 is 27.3. The van der Waals surface area contributed by atoms with Gasteiger partial charge in [-0.1, -0.05) is 0 Å². The third-order valence-electron chi connectivity index (χ3n) is 4.73. The van der Waals surface area contributed by atoms with Crippen LogP contribution in [0.4, 0.5) is 0 Å². The molecule has 0 radical (unpaired) electrons. The van der Waals surface area contributed by atoms with Gasteiger partial charge in [-0.3, -0.25) is 4.79 Å². The SMILES string of the molecule is CCN(CC)C(=O)c1ccc(S(=O)(=O)N2CCNC(C)C2C)cc1. The Bertz CT molecular complexity index is 669. The number of benzene rings is 1. The highest BCUT2D eigenvalue weighted by atomic mass is 32.2. The predicted molar refractivity (Wildman–Crippen MR) is 94.5 cm³/mol. The van der Waals surface area contributed by atoms with Gasteiger partial charge in [0.25, 0.3) is 5.91 Å². The van der Waals surface area contributed by atoms with Crippen LogP contribution in [0.25, 0.3) is 0 Å². The number of carbonyl (C=O) groups excluding carboxylic acids is 1. The molecule has 1 fully saturated rings. The minimum Gasteiger partial charge on any atom is -0.339 e. The summed E-state index contributed by atoms with van der Waals surface area (Å²) in [6, 6.07) is 6.27. The zero-order chi connectivity index (χ0) is 17.9. The van der Waals surface area contributed by atoms with Gasteiger partial charge in [-0.25, -0.2) is 8.42 Å². The molecule has 1 saturated heterocycles. The second-order valence-electron chi connectivity index (χ2n) is 6.10. The number of hydrogen-bond donors (Lipinski definition) is 1. The predicted octanol–water partition coefficient (Wildman–Crippen LogP) is 1.54. The van der Waals surface area contributed by atoms with Gasteiger partial charge >= 0.3 is 0 Å². The first-order valence-electron chi connectivity index (χ1n) is 8.47. The summed E-state index contributed by atoms with van der Waals surface area (Å²) in [4.78, 5) is 14.3. The monoisotopic (exact) mass is 353 g/mol. The maximum absolute atomic E-state index is 12.9. The first-order valence-corrected chi connectivity index (χ1v) is 9.91. The Morgan fingerprint density at radius 2 is 1.79 bits per heavy atom. The highest BCUT2D eigenvalue weighted by Gasteiger charge is 2.34. The molecule has 0 aromatic heterocycles. The van der Waals surface area contributed by atoms with Crippen LogP contribution < -0.4 is 5.32 Å². The number of nitrogens with one attached hydrogen (secondary N) is 1. The summed E-state index contributed by atoms with van der Waals surface area (Å²) in [5, 5.41) is 3.28. The lowest BCUT2D eigenvalue weighted by Gasteiger charge is -2.37. The van der Waals surface area contributed by atoms with E-state index in [4.69, 9.17) is 0 Å². The van der Waals surface area contributed by atoms with E-state index in [-0.39, 0.29) is 22.9 Å². The zero-order valence-electron chi connectivity index (χ0n) is 14.8. The smallest absolute Gasteiger partial charge is 0.253 e. The second kappa shape index (κ2) is 7.63. The summed E-state index contributed by atoms with van der Waals surface area (Å²) in [6.45, 7) is 10.1. The third-order valence-corrected chi connectivity index (χ3v) is 6.74. The fourth-order valence-corrected chi connectivity index (χ4v) is 4.67. The number of piperazine rings is 1. The molecule has 1 heterocycles. The molecule has 7 heteroatoms. The van der Waals surface area contributed by atoms with Crippen molar-refractivity contribution in [1.82, 2.24) is 14.5 Å². The molecule has 1 aromatic carbocycles. The van der Waals surface area contributed by atoms with Crippen molar-refractivity contribution < 1.29 is 13.2 Å². The van der Waals surface area contributed by atoms with Gasteiger partial charge in [0, 0.05) is 43.8 Å². The molecule has 134 valence electrons. The molecule has 2 atom stereocenters. The van der Waals surface area contributed by atoms with Crippen molar-refractivity contribution in [2.24, 2.45) is 0 Å². The summed E-state index contributed by atoms with van der Waals surface area (Å²) in [5.74, 6) is -0.0758. The lowest BCUT2D eigenvalue weighted by atomic mass is 10.1. The Kier molecular flexibility index (Phi) is 6.01. The number of sulfonamides is 1. The van der Waals surface area contributed by atoms with Crippen LogP contribution in [0.1, 0.15) is 38.1 Å². The molecule has 1 aliphatic rings. The summed E-state index contributed by atoms with van der Waals surface area (Å²) in [5.41, 5.74) is 0.513. The molecule has 0 spiro atoms. The highest BCUT2D eigenvalue weighted by molar-refractivity contribution is 7.89. The molecule has 2 unspecified atom stereocenters. The first-order chi connectivity index (χ1) is 11.3. The average molecular weight is 353 g/mol. The van der Waals surface area contributed by atoms with Crippen LogP contribution in [0.3, 0.4) is 0 Å². The van der Waals surface area contributed by atoms with E-state index in [2.05, 4.69) is 5.32 Å². The minimum atomic E-state index is -3.55. The number of nitrogens with zero attached hydrogens (tertiary/aromatic N) is 2. The fourth-order valence-electron chi connectivity index (χ4n) is 2.96. The van der Waals surface area contributed by atoms with Crippen molar-refractivity contribution in [3.63, 3.8) is 0 Å². The quantitative estimate of drug-likeness (QED) is 0.872. The minimum absolute atomic E-state index is 0.0758. The van der Waals surface area contributed by atoms with Crippen LogP contribution in [0.15, 0.2) is 29.2 Å². The van der Waals surface area contributed by atoms with Gasteiger partial charge in [-0.15, -0.1) is 0 Å². The number of amides is 1. The van der Waals surface area contributed by atoms with E-state index in [0.717, 1.165) is 0 Å². The Hall–Kier alpha value is -1.44. The van der Waals surface area contributed by atoms with E-state index in [1.165, 1.54) is 16.4 Å². The van der Waals surface area contributed by atoms with E-state index in [1.807, 2.05) is 27.7 Å². The summed E-state index contributed by atoms with van der Waals surface area (Å²) in [7, 11) is -3.55. The number of rotatable bonds is 5. The van der Waals surface area contributed by atoms with E-state index in [1.54, 1.807) is 17.0 Å². The van der Waals surface area contributed by atoms with Gasteiger partial charge in [-0.2, -0.15) is 4.31 Å². The van der Waals surface area contributed by atoms with E-state index < -0.39 is 10.0 Å². The first kappa shape index (κ1) is 18.9. The van der Waals surface area contributed by atoms with Crippen LogP contribution in [-0.4, -0.2) is 61.8 Å². The molecule has 1 aromatic rings. The van der Waals surface area contributed by atoms with Gasteiger partial charge in [0.1, 0.15) is 0 Å². The zero-order valence-corrected chi connectivity index (χ0v) is 15.6. The molecule has 24 heavy (non-hydrogen) atoms. The number of hydrogen-bond acceptors (Lipinski definition) is 4.